The topological polar surface area (TPSA) is 0 Å². The van der Waals surface area contributed by atoms with Gasteiger partial charge >= 0.3 is 6.18 Å². The van der Waals surface area contributed by atoms with Crippen molar-refractivity contribution >= 4 is 27.7 Å². The zero-order chi connectivity index (χ0) is 10.6. The molecule has 0 saturated heterocycles. The molecule has 0 aromatic carbocycles. The van der Waals surface area contributed by atoms with E-state index in [9.17, 15) is 13.2 Å². The standard InChI is InChI=1S/C9H14BrF3S/c10-8(9(11,12)13)6-14-5-7-3-1-2-4-7/h7-8H,1-6H2. The molecular formula is C9H14BrF3S. The Morgan fingerprint density at radius 2 is 1.86 bits per heavy atom. The van der Waals surface area contributed by atoms with Crippen molar-refractivity contribution in [3.8, 4) is 0 Å². The molecule has 0 bridgehead atoms. The smallest absolute Gasteiger partial charge is 0.170 e. The van der Waals surface area contributed by atoms with Gasteiger partial charge in [-0.1, -0.05) is 28.8 Å². The van der Waals surface area contributed by atoms with Gasteiger partial charge in [0.05, 0.1) is 0 Å². The molecule has 0 heterocycles. The maximum Gasteiger partial charge on any atom is 0.402 e. The minimum Gasteiger partial charge on any atom is -0.170 e. The molecule has 1 aliphatic carbocycles. The highest BCUT2D eigenvalue weighted by Gasteiger charge is 2.37. The van der Waals surface area contributed by atoms with E-state index in [0.29, 0.717) is 5.92 Å². The largest absolute Gasteiger partial charge is 0.402 e. The molecule has 1 atom stereocenters. The highest BCUT2D eigenvalue weighted by Crippen LogP contribution is 2.32. The molecule has 1 aliphatic rings. The molecule has 0 N–H and O–H groups in total. The van der Waals surface area contributed by atoms with Gasteiger partial charge in [0.15, 0.2) is 0 Å². The van der Waals surface area contributed by atoms with Crippen LogP contribution in [0.2, 0.25) is 0 Å². The fourth-order valence-corrected chi connectivity index (χ4v) is 3.37. The lowest BCUT2D eigenvalue weighted by Gasteiger charge is -2.14. The lowest BCUT2D eigenvalue weighted by atomic mass is 10.1. The number of alkyl halides is 4. The van der Waals surface area contributed by atoms with Crippen LogP contribution >= 0.6 is 27.7 Å². The fraction of sp³-hybridized carbons (Fsp3) is 1.00. The Bertz CT molecular complexity index is 166. The second-order valence-electron chi connectivity index (χ2n) is 3.70. The first kappa shape index (κ1) is 12.7. The molecule has 0 nitrogen and oxygen atoms in total. The Balaban J connectivity index is 2.08. The van der Waals surface area contributed by atoms with Crippen molar-refractivity contribution in [1.29, 1.82) is 0 Å². The van der Waals surface area contributed by atoms with Crippen molar-refractivity contribution in [2.45, 2.75) is 36.7 Å². The van der Waals surface area contributed by atoms with Crippen molar-refractivity contribution in [3.63, 3.8) is 0 Å². The summed E-state index contributed by atoms with van der Waals surface area (Å²) in [7, 11) is 0. The second-order valence-corrected chi connectivity index (χ2v) is 5.88. The molecule has 1 saturated carbocycles. The van der Waals surface area contributed by atoms with Gasteiger partial charge in [-0.05, 0) is 24.5 Å². The maximum atomic E-state index is 12.1. The summed E-state index contributed by atoms with van der Waals surface area (Å²) in [4.78, 5) is -1.35. The van der Waals surface area contributed by atoms with E-state index in [4.69, 9.17) is 0 Å². The Kier molecular flexibility index (Phi) is 5.11. The van der Waals surface area contributed by atoms with Gasteiger partial charge in [0.1, 0.15) is 4.83 Å². The minimum atomic E-state index is -4.09. The molecule has 0 amide bonds. The lowest BCUT2D eigenvalue weighted by molar-refractivity contribution is -0.122. The van der Waals surface area contributed by atoms with Crippen LogP contribution in [0.1, 0.15) is 25.7 Å². The maximum absolute atomic E-state index is 12.1. The summed E-state index contributed by atoms with van der Waals surface area (Å²) in [5, 5.41) is 0. The molecular weight excluding hydrogens is 277 g/mol. The first-order valence-electron chi connectivity index (χ1n) is 4.78. The Morgan fingerprint density at radius 1 is 1.29 bits per heavy atom. The van der Waals surface area contributed by atoms with Crippen molar-refractivity contribution in [2.24, 2.45) is 5.92 Å². The highest BCUT2D eigenvalue weighted by molar-refractivity contribution is 9.09. The van der Waals surface area contributed by atoms with E-state index in [2.05, 4.69) is 15.9 Å². The monoisotopic (exact) mass is 290 g/mol. The molecule has 1 unspecified atom stereocenters. The van der Waals surface area contributed by atoms with Crippen LogP contribution in [0.15, 0.2) is 0 Å². The highest BCUT2D eigenvalue weighted by atomic mass is 79.9. The van der Waals surface area contributed by atoms with E-state index in [1.807, 2.05) is 0 Å². The third kappa shape index (κ3) is 4.43. The molecule has 0 spiro atoms. The Labute approximate surface area is 95.1 Å². The first-order valence-corrected chi connectivity index (χ1v) is 6.85. The molecule has 1 rings (SSSR count). The summed E-state index contributed by atoms with van der Waals surface area (Å²) < 4.78 is 36.3. The molecule has 0 aromatic heterocycles. The van der Waals surface area contributed by atoms with E-state index in [0.717, 1.165) is 5.75 Å². The van der Waals surface area contributed by atoms with Crippen molar-refractivity contribution in [2.75, 3.05) is 11.5 Å². The van der Waals surface area contributed by atoms with E-state index >= 15 is 0 Å². The summed E-state index contributed by atoms with van der Waals surface area (Å²) in [5.74, 6) is 1.69. The van der Waals surface area contributed by atoms with Crippen molar-refractivity contribution in [3.05, 3.63) is 0 Å². The second kappa shape index (κ2) is 5.64. The van der Waals surface area contributed by atoms with Crippen LogP contribution in [0.25, 0.3) is 0 Å². The van der Waals surface area contributed by atoms with Crippen LogP contribution in [0.4, 0.5) is 13.2 Å². The van der Waals surface area contributed by atoms with Gasteiger partial charge in [-0.25, -0.2) is 0 Å². The van der Waals surface area contributed by atoms with Gasteiger partial charge in [-0.2, -0.15) is 24.9 Å². The molecule has 84 valence electrons. The average Bonchev–Trinajstić information content (AvgIpc) is 2.55. The zero-order valence-corrected chi connectivity index (χ0v) is 10.2. The van der Waals surface area contributed by atoms with Crippen LogP contribution in [0.5, 0.6) is 0 Å². The van der Waals surface area contributed by atoms with Gasteiger partial charge in [-0.15, -0.1) is 0 Å². The van der Waals surface area contributed by atoms with Crippen LogP contribution < -0.4 is 0 Å². The van der Waals surface area contributed by atoms with Gasteiger partial charge in [-0.3, -0.25) is 0 Å². The third-order valence-corrected chi connectivity index (χ3v) is 5.00. The van der Waals surface area contributed by atoms with E-state index < -0.39 is 11.0 Å². The quantitative estimate of drug-likeness (QED) is 0.698. The molecule has 0 radical (unpaired) electrons. The number of hydrogen-bond acceptors (Lipinski definition) is 1. The first-order chi connectivity index (χ1) is 6.50. The number of halogens is 4. The Morgan fingerprint density at radius 3 is 2.36 bits per heavy atom. The fourth-order valence-electron chi connectivity index (χ4n) is 1.61. The number of rotatable bonds is 4. The van der Waals surface area contributed by atoms with Crippen LogP contribution in [0.3, 0.4) is 0 Å². The van der Waals surface area contributed by atoms with Crippen molar-refractivity contribution in [1.82, 2.24) is 0 Å². The normalized spacial score (nSPS) is 21.4. The lowest BCUT2D eigenvalue weighted by Crippen LogP contribution is -2.25. The van der Waals surface area contributed by atoms with Crippen LogP contribution in [-0.4, -0.2) is 22.5 Å². The summed E-state index contributed by atoms with van der Waals surface area (Å²) in [6, 6.07) is 0. The van der Waals surface area contributed by atoms with Crippen LogP contribution in [-0.2, 0) is 0 Å². The van der Waals surface area contributed by atoms with Crippen molar-refractivity contribution < 1.29 is 13.2 Å². The Hall–Kier alpha value is 0.620. The minimum absolute atomic E-state index is 0.139. The summed E-state index contributed by atoms with van der Waals surface area (Å²) in [6.45, 7) is 0. The summed E-state index contributed by atoms with van der Waals surface area (Å²) in [6.07, 6.45) is 0.811. The SMILES string of the molecule is FC(F)(F)C(Br)CSCC1CCCC1. The summed E-state index contributed by atoms with van der Waals surface area (Å²) in [5.41, 5.74) is 0. The van der Waals surface area contributed by atoms with Gasteiger partial charge < -0.3 is 0 Å². The van der Waals surface area contributed by atoms with E-state index in [-0.39, 0.29) is 5.75 Å². The number of hydrogen-bond donors (Lipinski definition) is 0. The molecule has 0 aromatic rings. The predicted molar refractivity (Wildman–Crippen MR) is 58.1 cm³/mol. The predicted octanol–water partition coefficient (Wildman–Crippen LogP) is 4.24. The van der Waals surface area contributed by atoms with Gasteiger partial charge in [0.25, 0.3) is 0 Å². The molecule has 1 fully saturated rings. The number of thioether (sulfide) groups is 1. The average molecular weight is 291 g/mol. The van der Waals surface area contributed by atoms with Crippen LogP contribution in [0, 0.1) is 5.92 Å². The van der Waals surface area contributed by atoms with Gasteiger partial charge in [0, 0.05) is 5.75 Å². The molecule has 14 heavy (non-hydrogen) atoms. The van der Waals surface area contributed by atoms with E-state index in [1.54, 1.807) is 0 Å². The van der Waals surface area contributed by atoms with E-state index in [1.165, 1.54) is 37.4 Å². The third-order valence-electron chi connectivity index (χ3n) is 2.45. The summed E-state index contributed by atoms with van der Waals surface area (Å²) >= 11 is 4.08. The van der Waals surface area contributed by atoms with Gasteiger partial charge in [0.2, 0.25) is 0 Å². The molecule has 5 heteroatoms. The molecule has 0 aliphatic heterocycles. The zero-order valence-electron chi connectivity index (χ0n) is 7.82.